The third-order valence-corrected chi connectivity index (χ3v) is 7.27. The zero-order valence-electron chi connectivity index (χ0n) is 19.6. The Morgan fingerprint density at radius 1 is 0.914 bits per heavy atom. The third kappa shape index (κ3) is 5.27. The predicted molar refractivity (Wildman–Crippen MR) is 141 cm³/mol. The number of benzene rings is 4. The van der Waals surface area contributed by atoms with E-state index >= 15 is 0 Å². The minimum atomic E-state index is -3.91. The van der Waals surface area contributed by atoms with Crippen LogP contribution in [0.2, 0.25) is 0 Å². The van der Waals surface area contributed by atoms with E-state index in [0.29, 0.717) is 18.4 Å². The summed E-state index contributed by atoms with van der Waals surface area (Å²) in [4.78, 5) is 5.63. The molecule has 4 N–H and O–H groups in total. The minimum absolute atomic E-state index is 0. The van der Waals surface area contributed by atoms with Crippen LogP contribution in [0, 0.1) is 10.7 Å². The van der Waals surface area contributed by atoms with Crippen molar-refractivity contribution in [1.82, 2.24) is 4.98 Å². The number of thiocyanates is 1. The molecule has 5 rings (SSSR count). The lowest BCUT2D eigenvalue weighted by atomic mass is 10.0. The number of aromatic nitrogens is 1. The van der Waals surface area contributed by atoms with E-state index in [1.807, 2.05) is 54.6 Å². The number of para-hydroxylation sites is 1. The molecule has 0 atom stereocenters. The second kappa shape index (κ2) is 10.8. The largest absolute Gasteiger partial charge is 1.00 e. The van der Waals surface area contributed by atoms with Gasteiger partial charge in [-0.3, -0.25) is 0 Å². The van der Waals surface area contributed by atoms with E-state index in [2.05, 4.69) is 20.7 Å². The Hall–Kier alpha value is -3.52. The lowest BCUT2D eigenvalue weighted by molar-refractivity contribution is 0.333. The van der Waals surface area contributed by atoms with Gasteiger partial charge in [-0.15, -0.1) is 0 Å². The lowest BCUT2D eigenvalue weighted by Gasteiger charge is -2.09. The number of nitrogens with zero attached hydrogens (tertiary/aromatic N) is 2. The average Bonchev–Trinajstić information content (AvgIpc) is 2.88. The van der Waals surface area contributed by atoms with E-state index in [9.17, 15) is 8.42 Å². The zero-order chi connectivity index (χ0) is 24.8. The highest BCUT2D eigenvalue weighted by Crippen LogP contribution is 2.29. The summed E-state index contributed by atoms with van der Waals surface area (Å²) in [7, 11) is -3.91. The van der Waals surface area contributed by atoms with E-state index in [4.69, 9.17) is 16.9 Å². The molecule has 176 valence electrons. The molecule has 1 heterocycles. The maximum atomic E-state index is 11.7. The molecule has 0 spiro atoms. The van der Waals surface area contributed by atoms with Gasteiger partial charge in [0.25, 0.3) is 0 Å². The third-order valence-electron chi connectivity index (χ3n) is 5.46. The van der Waals surface area contributed by atoms with Crippen molar-refractivity contribution in [2.24, 2.45) is 11.6 Å². The number of fused-ring (bicyclic) bond motifs is 3. The number of nitrogens with two attached hydrogens (primary N) is 2. The molecule has 35 heavy (non-hydrogen) atoms. The van der Waals surface area contributed by atoms with Crippen molar-refractivity contribution >= 4 is 54.5 Å². The fraction of sp³-hybridized carbons (Fsp3) is 0.0769. The monoisotopic (exact) mass is 503 g/mol. The topological polar surface area (TPSA) is 132 Å². The van der Waals surface area contributed by atoms with Gasteiger partial charge in [0, 0.05) is 21.1 Å². The molecule has 1 aromatic heterocycles. The van der Waals surface area contributed by atoms with Crippen molar-refractivity contribution in [3.8, 4) is 5.40 Å². The summed E-state index contributed by atoms with van der Waals surface area (Å²) in [6, 6.07) is 26.4. The predicted octanol–water partition coefficient (Wildman–Crippen LogP) is 4.99. The SMILES string of the molecule is N#CSc1cccc2nc3ccccc3cc12.NCCc1cccc2c(S(=O)(=O)ON)cccc12.[H+]. The first-order valence-corrected chi connectivity index (χ1v) is 12.9. The Labute approximate surface area is 208 Å². The molecule has 0 amide bonds. The van der Waals surface area contributed by atoms with Crippen LogP contribution in [0.4, 0.5) is 0 Å². The number of thioether (sulfide) groups is 1. The molecule has 0 fully saturated rings. The molecule has 9 heteroatoms. The van der Waals surface area contributed by atoms with Gasteiger partial charge in [0.05, 0.1) is 11.0 Å². The van der Waals surface area contributed by atoms with Gasteiger partial charge in [0.1, 0.15) is 10.3 Å². The fourth-order valence-corrected chi connectivity index (χ4v) is 5.21. The smallest absolute Gasteiger partial charge is 0.330 e. The molecular weight excluding hydrogens is 480 g/mol. The van der Waals surface area contributed by atoms with Gasteiger partial charge in [0.2, 0.25) is 0 Å². The number of hydrogen-bond donors (Lipinski definition) is 2. The van der Waals surface area contributed by atoms with Crippen molar-refractivity contribution in [1.29, 1.82) is 5.26 Å². The Morgan fingerprint density at radius 2 is 1.63 bits per heavy atom. The molecule has 0 unspecified atom stereocenters. The van der Waals surface area contributed by atoms with E-state index in [-0.39, 0.29) is 6.32 Å². The fourth-order valence-electron chi connectivity index (χ4n) is 3.90. The van der Waals surface area contributed by atoms with Crippen LogP contribution in [0.5, 0.6) is 0 Å². The second-order valence-electron chi connectivity index (χ2n) is 7.55. The normalized spacial score (nSPS) is 11.2. The van der Waals surface area contributed by atoms with Crippen LogP contribution in [0.25, 0.3) is 32.6 Å². The minimum Gasteiger partial charge on any atom is -0.330 e. The first-order valence-electron chi connectivity index (χ1n) is 10.7. The summed E-state index contributed by atoms with van der Waals surface area (Å²) < 4.78 is 27.5. The van der Waals surface area contributed by atoms with E-state index in [1.165, 1.54) is 17.8 Å². The highest BCUT2D eigenvalue weighted by atomic mass is 32.2. The van der Waals surface area contributed by atoms with Crippen LogP contribution in [0.15, 0.2) is 94.7 Å². The Balaban J connectivity index is 0.000000195. The molecule has 4 aromatic carbocycles. The van der Waals surface area contributed by atoms with Gasteiger partial charge in [-0.1, -0.05) is 54.6 Å². The van der Waals surface area contributed by atoms with Crippen molar-refractivity contribution in [3.05, 3.63) is 90.5 Å². The number of rotatable bonds is 5. The van der Waals surface area contributed by atoms with Gasteiger partial charge < -0.3 is 5.73 Å². The van der Waals surface area contributed by atoms with Crippen LogP contribution in [0.1, 0.15) is 6.99 Å². The number of nitriles is 1. The highest BCUT2D eigenvalue weighted by molar-refractivity contribution is 8.04. The van der Waals surface area contributed by atoms with Crippen LogP contribution in [0.3, 0.4) is 0 Å². The molecule has 0 saturated carbocycles. The molecule has 0 aliphatic heterocycles. The lowest BCUT2D eigenvalue weighted by Crippen LogP contribution is -2.11. The van der Waals surface area contributed by atoms with Gasteiger partial charge in [0.15, 0.2) is 0 Å². The van der Waals surface area contributed by atoms with Crippen molar-refractivity contribution in [2.45, 2.75) is 16.2 Å². The van der Waals surface area contributed by atoms with Gasteiger partial charge in [-0.05, 0) is 66.0 Å². The van der Waals surface area contributed by atoms with E-state index < -0.39 is 10.1 Å². The number of pyridine rings is 1. The first-order chi connectivity index (χ1) is 17.0. The Kier molecular flexibility index (Phi) is 7.60. The van der Waals surface area contributed by atoms with E-state index in [0.717, 1.165) is 37.7 Å². The molecule has 7 nitrogen and oxygen atoms in total. The van der Waals surface area contributed by atoms with Gasteiger partial charge in [-0.25, -0.2) is 4.98 Å². The quantitative estimate of drug-likeness (QED) is 0.148. The van der Waals surface area contributed by atoms with Crippen LogP contribution < -0.4 is 11.6 Å². The van der Waals surface area contributed by atoms with Crippen LogP contribution in [-0.4, -0.2) is 19.9 Å². The Bertz CT molecular complexity index is 1670. The molecular formula is C26H23N4O3S2+. The molecule has 0 saturated heterocycles. The van der Waals surface area contributed by atoms with E-state index in [1.54, 1.807) is 18.2 Å². The molecule has 0 aliphatic rings. The molecule has 5 aromatic rings. The average molecular weight is 504 g/mol. The summed E-state index contributed by atoms with van der Waals surface area (Å²) >= 11 is 1.18. The maximum absolute atomic E-state index is 11.7. The number of hydrogen-bond acceptors (Lipinski definition) is 8. The summed E-state index contributed by atoms with van der Waals surface area (Å²) in [6.45, 7) is 0.503. The maximum Gasteiger partial charge on any atom is 1.00 e. The first kappa shape index (κ1) is 24.6. The van der Waals surface area contributed by atoms with Gasteiger partial charge in [-0.2, -0.15) is 23.9 Å². The van der Waals surface area contributed by atoms with Crippen molar-refractivity contribution in [3.63, 3.8) is 0 Å². The zero-order valence-corrected chi connectivity index (χ0v) is 20.2. The second-order valence-corrected chi connectivity index (χ2v) is 9.92. The summed E-state index contributed by atoms with van der Waals surface area (Å²) in [5.41, 5.74) is 8.46. The van der Waals surface area contributed by atoms with Crippen molar-refractivity contribution in [2.75, 3.05) is 6.54 Å². The summed E-state index contributed by atoms with van der Waals surface area (Å²) in [6.07, 6.45) is 0.685. The van der Waals surface area contributed by atoms with Crippen molar-refractivity contribution < 1.29 is 14.1 Å². The Morgan fingerprint density at radius 3 is 2.40 bits per heavy atom. The molecule has 0 bridgehead atoms. The van der Waals surface area contributed by atoms with Crippen LogP contribution >= 0.6 is 11.8 Å². The van der Waals surface area contributed by atoms with Gasteiger partial charge >= 0.3 is 11.5 Å². The van der Waals surface area contributed by atoms with Crippen LogP contribution in [-0.2, 0) is 20.8 Å². The summed E-state index contributed by atoms with van der Waals surface area (Å²) in [5, 5.41) is 14.5. The molecule has 0 aliphatic carbocycles. The standard InChI is InChI=1S/C14H8N2S.C12H14N2O3S/c15-9-17-14-7-3-6-13-11(14)8-10-4-1-2-5-12(10)16-13;13-8-7-9-3-1-5-11-10(9)4-2-6-12(11)18(15,16)17-14/h1-8H;1-6H,7-8,13-14H2/p+1. The summed E-state index contributed by atoms with van der Waals surface area (Å²) in [5.74, 6) is 4.82. The molecule has 0 radical (unpaired) electrons. The highest BCUT2D eigenvalue weighted by Gasteiger charge is 2.17.